The molecule has 0 radical (unpaired) electrons. The van der Waals surface area contributed by atoms with Crippen LogP contribution in [0.3, 0.4) is 0 Å². The fourth-order valence-electron chi connectivity index (χ4n) is 4.18. The van der Waals surface area contributed by atoms with Gasteiger partial charge in [-0.2, -0.15) is 0 Å². The molecule has 6 heteroatoms. The summed E-state index contributed by atoms with van der Waals surface area (Å²) in [5.41, 5.74) is 3.23. The molecule has 0 spiro atoms. The third-order valence-electron chi connectivity index (χ3n) is 5.39. The number of hydrogen-bond acceptors (Lipinski definition) is 5. The maximum atomic E-state index is 11.3. The molecular formula is C20H19N3O3. The van der Waals surface area contributed by atoms with Crippen molar-refractivity contribution in [2.75, 3.05) is 13.1 Å². The Hall–Kier alpha value is -2.86. The number of aromatic nitrogens is 2. The molecule has 132 valence electrons. The van der Waals surface area contributed by atoms with E-state index in [-0.39, 0.29) is 0 Å². The van der Waals surface area contributed by atoms with Crippen LogP contribution in [0.5, 0.6) is 11.5 Å². The summed E-state index contributed by atoms with van der Waals surface area (Å²) in [5.74, 6) is 2.50. The minimum absolute atomic E-state index is 0.322. The van der Waals surface area contributed by atoms with Crippen molar-refractivity contribution in [1.82, 2.24) is 15.5 Å². The molecule has 2 aromatic carbocycles. The standard InChI is InChI=1S/C20H19N3O3/c24-20-22-19(23-26-20)13-5-6-15-17(11-13)25-16-4-2-1-3-14(16)18(15)12-7-9-21-10-8-12/h1-6,11-12,18,21H,7-10H2,(H,22,23,24). The lowest BCUT2D eigenvalue weighted by atomic mass is 9.74. The Morgan fingerprint density at radius 2 is 1.81 bits per heavy atom. The normalized spacial score (nSPS) is 19.5. The second kappa shape index (κ2) is 6.14. The van der Waals surface area contributed by atoms with Crippen molar-refractivity contribution in [3.8, 4) is 22.9 Å². The van der Waals surface area contributed by atoms with Crippen molar-refractivity contribution in [1.29, 1.82) is 0 Å². The van der Waals surface area contributed by atoms with E-state index in [4.69, 9.17) is 4.74 Å². The molecule has 0 bridgehead atoms. The second-order valence-electron chi connectivity index (χ2n) is 6.90. The van der Waals surface area contributed by atoms with E-state index in [1.165, 1.54) is 11.1 Å². The number of fused-ring (bicyclic) bond motifs is 2. The van der Waals surface area contributed by atoms with Crippen LogP contribution in [0.4, 0.5) is 0 Å². The van der Waals surface area contributed by atoms with Gasteiger partial charge in [0.15, 0.2) is 5.82 Å². The summed E-state index contributed by atoms with van der Waals surface area (Å²) < 4.78 is 10.8. The van der Waals surface area contributed by atoms with Crippen molar-refractivity contribution in [3.63, 3.8) is 0 Å². The zero-order valence-electron chi connectivity index (χ0n) is 14.2. The molecule has 1 fully saturated rings. The van der Waals surface area contributed by atoms with Crippen LogP contribution >= 0.6 is 0 Å². The quantitative estimate of drug-likeness (QED) is 0.742. The molecule has 1 atom stereocenters. The lowest BCUT2D eigenvalue weighted by molar-refractivity contribution is 0.322. The third-order valence-corrected chi connectivity index (χ3v) is 5.39. The average molecular weight is 349 g/mol. The molecule has 1 aromatic heterocycles. The molecule has 2 N–H and O–H groups in total. The predicted molar refractivity (Wildman–Crippen MR) is 96.5 cm³/mol. The molecule has 3 heterocycles. The first kappa shape index (κ1) is 15.4. The van der Waals surface area contributed by atoms with Gasteiger partial charge in [-0.1, -0.05) is 35.5 Å². The second-order valence-corrected chi connectivity index (χ2v) is 6.90. The van der Waals surface area contributed by atoms with Crippen LogP contribution < -0.4 is 15.8 Å². The number of H-pyrrole nitrogens is 1. The molecule has 2 aliphatic rings. The lowest BCUT2D eigenvalue weighted by Crippen LogP contribution is -2.32. The smallest absolute Gasteiger partial charge is 0.439 e. The molecular weight excluding hydrogens is 330 g/mol. The molecule has 2 aliphatic heterocycles. The highest BCUT2D eigenvalue weighted by molar-refractivity contribution is 5.63. The fraction of sp³-hybridized carbons (Fsp3) is 0.300. The van der Waals surface area contributed by atoms with E-state index in [2.05, 4.69) is 38.2 Å². The number of nitrogens with one attached hydrogen (secondary N) is 2. The summed E-state index contributed by atoms with van der Waals surface area (Å²) in [6.07, 6.45) is 2.30. The number of aromatic amines is 1. The van der Waals surface area contributed by atoms with Crippen LogP contribution in [0.15, 0.2) is 51.8 Å². The number of para-hydroxylation sites is 1. The van der Waals surface area contributed by atoms with Crippen molar-refractivity contribution in [3.05, 3.63) is 64.1 Å². The Labute approximate surface area is 150 Å². The zero-order valence-corrected chi connectivity index (χ0v) is 14.2. The highest BCUT2D eigenvalue weighted by Crippen LogP contribution is 2.49. The van der Waals surface area contributed by atoms with Gasteiger partial charge in [0.05, 0.1) is 0 Å². The molecule has 0 amide bonds. The van der Waals surface area contributed by atoms with E-state index < -0.39 is 5.76 Å². The third kappa shape index (κ3) is 2.54. The van der Waals surface area contributed by atoms with Crippen LogP contribution in [-0.4, -0.2) is 23.2 Å². The van der Waals surface area contributed by atoms with Gasteiger partial charge in [0.1, 0.15) is 11.5 Å². The molecule has 0 saturated carbocycles. The monoisotopic (exact) mass is 349 g/mol. The molecule has 1 saturated heterocycles. The summed E-state index contributed by atoms with van der Waals surface area (Å²) in [4.78, 5) is 13.8. The van der Waals surface area contributed by atoms with Gasteiger partial charge in [0.2, 0.25) is 0 Å². The SMILES string of the molecule is O=c1[nH]c(-c2ccc3c(c2)Oc2ccccc2C3C2CCNCC2)no1. The predicted octanol–water partition coefficient (Wildman–Crippen LogP) is 3.27. The number of nitrogens with zero attached hydrogens (tertiary/aromatic N) is 1. The van der Waals surface area contributed by atoms with E-state index in [0.717, 1.165) is 43.0 Å². The maximum Gasteiger partial charge on any atom is 0.439 e. The van der Waals surface area contributed by atoms with E-state index in [1.807, 2.05) is 24.3 Å². The number of rotatable bonds is 2. The number of hydrogen-bond donors (Lipinski definition) is 2. The van der Waals surface area contributed by atoms with Crippen molar-refractivity contribution >= 4 is 0 Å². The molecule has 5 rings (SSSR count). The van der Waals surface area contributed by atoms with Gasteiger partial charge in [-0.3, -0.25) is 9.51 Å². The summed E-state index contributed by atoms with van der Waals surface area (Å²) in [6.45, 7) is 2.11. The van der Waals surface area contributed by atoms with Gasteiger partial charge < -0.3 is 10.1 Å². The average Bonchev–Trinajstić information content (AvgIpc) is 3.12. The first-order chi connectivity index (χ1) is 12.8. The minimum atomic E-state index is -0.559. The van der Waals surface area contributed by atoms with E-state index in [9.17, 15) is 4.79 Å². The van der Waals surface area contributed by atoms with Crippen LogP contribution in [0.1, 0.15) is 29.9 Å². The van der Waals surface area contributed by atoms with E-state index in [1.54, 1.807) is 0 Å². The Bertz CT molecular complexity index is 1000. The Kier molecular flexibility index (Phi) is 3.64. The van der Waals surface area contributed by atoms with Crippen molar-refractivity contribution in [2.45, 2.75) is 18.8 Å². The van der Waals surface area contributed by atoms with Gasteiger partial charge in [-0.05, 0) is 44.0 Å². The maximum absolute atomic E-state index is 11.3. The Balaban J connectivity index is 1.62. The number of piperidine rings is 1. The largest absolute Gasteiger partial charge is 0.457 e. The highest BCUT2D eigenvalue weighted by Gasteiger charge is 2.34. The van der Waals surface area contributed by atoms with Gasteiger partial charge in [0, 0.05) is 22.6 Å². The van der Waals surface area contributed by atoms with Crippen LogP contribution in [-0.2, 0) is 0 Å². The van der Waals surface area contributed by atoms with E-state index >= 15 is 0 Å². The Morgan fingerprint density at radius 3 is 2.62 bits per heavy atom. The van der Waals surface area contributed by atoms with Gasteiger partial charge in [-0.15, -0.1) is 0 Å². The van der Waals surface area contributed by atoms with Gasteiger partial charge >= 0.3 is 5.76 Å². The van der Waals surface area contributed by atoms with Crippen LogP contribution in [0.25, 0.3) is 11.4 Å². The molecule has 1 unspecified atom stereocenters. The van der Waals surface area contributed by atoms with E-state index in [0.29, 0.717) is 17.7 Å². The van der Waals surface area contributed by atoms with Gasteiger partial charge in [-0.25, -0.2) is 4.79 Å². The first-order valence-electron chi connectivity index (χ1n) is 8.97. The first-order valence-corrected chi connectivity index (χ1v) is 8.97. The molecule has 6 nitrogen and oxygen atoms in total. The molecule has 3 aromatic rings. The molecule has 26 heavy (non-hydrogen) atoms. The fourth-order valence-corrected chi connectivity index (χ4v) is 4.18. The number of ether oxygens (including phenoxy) is 1. The molecule has 0 aliphatic carbocycles. The number of benzene rings is 2. The summed E-state index contributed by atoms with van der Waals surface area (Å²) in [6, 6.07) is 14.3. The summed E-state index contributed by atoms with van der Waals surface area (Å²) >= 11 is 0. The minimum Gasteiger partial charge on any atom is -0.457 e. The van der Waals surface area contributed by atoms with Gasteiger partial charge in [0.25, 0.3) is 0 Å². The van der Waals surface area contributed by atoms with Crippen LogP contribution in [0.2, 0.25) is 0 Å². The summed E-state index contributed by atoms with van der Waals surface area (Å²) in [7, 11) is 0. The topological polar surface area (TPSA) is 80.2 Å². The zero-order chi connectivity index (χ0) is 17.5. The summed E-state index contributed by atoms with van der Waals surface area (Å²) in [5, 5.41) is 7.23. The lowest BCUT2D eigenvalue weighted by Gasteiger charge is -2.36. The van der Waals surface area contributed by atoms with Crippen molar-refractivity contribution < 1.29 is 9.26 Å². The van der Waals surface area contributed by atoms with Crippen molar-refractivity contribution in [2.24, 2.45) is 5.92 Å². The van der Waals surface area contributed by atoms with Crippen LogP contribution in [0, 0.1) is 5.92 Å². The highest BCUT2D eigenvalue weighted by atomic mass is 16.5. The Morgan fingerprint density at radius 1 is 1.00 bits per heavy atom.